The molecule has 2 aromatic rings. The van der Waals surface area contributed by atoms with Gasteiger partial charge in [-0.3, -0.25) is 0 Å². The number of aryl methyl sites for hydroxylation is 1. The van der Waals surface area contributed by atoms with Gasteiger partial charge in [-0.05, 0) is 48.2 Å². The molecule has 0 atom stereocenters. The smallest absolute Gasteiger partial charge is 0.349 e. The number of rotatable bonds is 7. The number of halogens is 1. The quantitative estimate of drug-likeness (QED) is 0.513. The minimum atomic E-state index is -0.560. The molecule has 2 aromatic carbocycles. The van der Waals surface area contributed by atoms with Crippen molar-refractivity contribution >= 4 is 17.6 Å². The maximum atomic E-state index is 12.3. The SMILES string of the molecule is COc1cccc(OC)c1OC(=O)COc1cc(C)c(Cl)cc1C(C)C. The molecule has 0 fully saturated rings. The van der Waals surface area contributed by atoms with Gasteiger partial charge in [0.1, 0.15) is 5.75 Å². The molecule has 0 unspecified atom stereocenters. The summed E-state index contributed by atoms with van der Waals surface area (Å²) in [6, 6.07) is 8.81. The van der Waals surface area contributed by atoms with Crippen molar-refractivity contribution in [1.82, 2.24) is 0 Å². The van der Waals surface area contributed by atoms with Crippen molar-refractivity contribution in [3.8, 4) is 23.0 Å². The first kappa shape index (κ1) is 19.9. The van der Waals surface area contributed by atoms with Crippen molar-refractivity contribution in [2.24, 2.45) is 0 Å². The van der Waals surface area contributed by atoms with Gasteiger partial charge >= 0.3 is 5.97 Å². The lowest BCUT2D eigenvalue weighted by molar-refractivity contribution is -0.136. The zero-order valence-corrected chi connectivity index (χ0v) is 16.3. The average Bonchev–Trinajstić information content (AvgIpc) is 2.62. The van der Waals surface area contributed by atoms with E-state index in [0.29, 0.717) is 22.3 Å². The Balaban J connectivity index is 2.15. The van der Waals surface area contributed by atoms with E-state index >= 15 is 0 Å². The number of benzene rings is 2. The molecule has 140 valence electrons. The molecule has 0 N–H and O–H groups in total. The summed E-state index contributed by atoms with van der Waals surface area (Å²) in [6.07, 6.45) is 0. The normalized spacial score (nSPS) is 10.6. The lowest BCUT2D eigenvalue weighted by Crippen LogP contribution is -2.19. The van der Waals surface area contributed by atoms with E-state index in [1.807, 2.05) is 32.9 Å². The van der Waals surface area contributed by atoms with Crippen LogP contribution < -0.4 is 18.9 Å². The number of ether oxygens (including phenoxy) is 4. The van der Waals surface area contributed by atoms with Gasteiger partial charge in [0.2, 0.25) is 5.75 Å². The van der Waals surface area contributed by atoms with Crippen LogP contribution in [0.4, 0.5) is 0 Å². The highest BCUT2D eigenvalue weighted by molar-refractivity contribution is 6.31. The van der Waals surface area contributed by atoms with Gasteiger partial charge in [-0.25, -0.2) is 4.79 Å². The highest BCUT2D eigenvalue weighted by Crippen LogP contribution is 2.37. The van der Waals surface area contributed by atoms with E-state index in [4.69, 9.17) is 30.5 Å². The summed E-state index contributed by atoms with van der Waals surface area (Å²) in [7, 11) is 2.99. The highest BCUT2D eigenvalue weighted by Gasteiger charge is 2.17. The van der Waals surface area contributed by atoms with Gasteiger partial charge in [0, 0.05) is 5.02 Å². The Hall–Kier alpha value is -2.40. The fraction of sp³-hybridized carbons (Fsp3) is 0.350. The van der Waals surface area contributed by atoms with Gasteiger partial charge in [0.25, 0.3) is 0 Å². The van der Waals surface area contributed by atoms with Crippen LogP contribution in [-0.2, 0) is 4.79 Å². The third-order valence-corrected chi connectivity index (χ3v) is 4.26. The summed E-state index contributed by atoms with van der Waals surface area (Å²) in [5.74, 6) is 1.29. The third-order valence-electron chi connectivity index (χ3n) is 3.86. The van der Waals surface area contributed by atoms with Gasteiger partial charge in [-0.2, -0.15) is 0 Å². The molecule has 0 aliphatic rings. The number of hydrogen-bond acceptors (Lipinski definition) is 5. The molecule has 2 rings (SSSR count). The fourth-order valence-electron chi connectivity index (χ4n) is 2.44. The van der Waals surface area contributed by atoms with E-state index in [9.17, 15) is 4.79 Å². The van der Waals surface area contributed by atoms with Crippen molar-refractivity contribution in [3.05, 3.63) is 46.5 Å². The highest BCUT2D eigenvalue weighted by atomic mass is 35.5. The molecule has 0 radical (unpaired) electrons. The first-order valence-corrected chi connectivity index (χ1v) is 8.59. The van der Waals surface area contributed by atoms with Gasteiger partial charge in [0.15, 0.2) is 18.1 Å². The van der Waals surface area contributed by atoms with Crippen molar-refractivity contribution in [3.63, 3.8) is 0 Å². The van der Waals surface area contributed by atoms with Gasteiger partial charge in [-0.1, -0.05) is 31.5 Å². The lowest BCUT2D eigenvalue weighted by atomic mass is 10.0. The van der Waals surface area contributed by atoms with Crippen LogP contribution in [0.25, 0.3) is 0 Å². The number of carbonyl (C=O) groups excluding carboxylic acids is 1. The van der Waals surface area contributed by atoms with E-state index in [1.54, 1.807) is 18.2 Å². The molecule has 0 saturated carbocycles. The Morgan fingerprint density at radius 1 is 1.08 bits per heavy atom. The maximum Gasteiger partial charge on any atom is 0.349 e. The van der Waals surface area contributed by atoms with E-state index < -0.39 is 5.97 Å². The van der Waals surface area contributed by atoms with E-state index in [0.717, 1.165) is 11.1 Å². The summed E-state index contributed by atoms with van der Waals surface area (Å²) in [6.45, 7) is 5.71. The molecule has 0 amide bonds. The Morgan fingerprint density at radius 3 is 2.23 bits per heavy atom. The van der Waals surface area contributed by atoms with Gasteiger partial charge in [-0.15, -0.1) is 0 Å². The summed E-state index contributed by atoms with van der Waals surface area (Å²) < 4.78 is 21.5. The van der Waals surface area contributed by atoms with Crippen LogP contribution in [-0.4, -0.2) is 26.8 Å². The fourth-order valence-corrected chi connectivity index (χ4v) is 2.62. The summed E-state index contributed by atoms with van der Waals surface area (Å²) in [5, 5.41) is 0.669. The zero-order valence-electron chi connectivity index (χ0n) is 15.6. The van der Waals surface area contributed by atoms with E-state index in [2.05, 4.69) is 0 Å². The van der Waals surface area contributed by atoms with Crippen molar-refractivity contribution in [2.75, 3.05) is 20.8 Å². The predicted octanol–water partition coefficient (Wildman–Crippen LogP) is 4.77. The van der Waals surface area contributed by atoms with Crippen LogP contribution in [0, 0.1) is 6.92 Å². The third kappa shape index (κ3) is 4.61. The number of esters is 1. The summed E-state index contributed by atoms with van der Waals surface area (Å²) in [5.41, 5.74) is 1.81. The van der Waals surface area contributed by atoms with Crippen LogP contribution in [0.15, 0.2) is 30.3 Å². The number of hydrogen-bond donors (Lipinski definition) is 0. The van der Waals surface area contributed by atoms with Crippen LogP contribution in [0.1, 0.15) is 30.9 Å². The largest absolute Gasteiger partial charge is 0.493 e. The van der Waals surface area contributed by atoms with Crippen molar-refractivity contribution < 1.29 is 23.7 Å². The number of para-hydroxylation sites is 1. The Labute approximate surface area is 158 Å². The Bertz CT molecular complexity index is 764. The minimum absolute atomic E-state index is 0.202. The monoisotopic (exact) mass is 378 g/mol. The number of methoxy groups -OCH3 is 2. The molecule has 26 heavy (non-hydrogen) atoms. The molecule has 0 aromatic heterocycles. The van der Waals surface area contributed by atoms with Crippen LogP contribution in [0.5, 0.6) is 23.0 Å². The minimum Gasteiger partial charge on any atom is -0.493 e. The van der Waals surface area contributed by atoms with Crippen molar-refractivity contribution in [2.45, 2.75) is 26.7 Å². The summed E-state index contributed by atoms with van der Waals surface area (Å²) >= 11 is 6.19. The molecule has 0 aliphatic heterocycles. The van der Waals surface area contributed by atoms with Gasteiger partial charge in [0.05, 0.1) is 14.2 Å². The van der Waals surface area contributed by atoms with Gasteiger partial charge < -0.3 is 18.9 Å². The zero-order chi connectivity index (χ0) is 19.3. The Kier molecular flexibility index (Phi) is 6.75. The molecule has 0 saturated heterocycles. The summed E-state index contributed by atoms with van der Waals surface area (Å²) in [4.78, 5) is 12.3. The lowest BCUT2D eigenvalue weighted by Gasteiger charge is -2.16. The number of carbonyl (C=O) groups is 1. The molecular formula is C20H23ClO5. The predicted molar refractivity (Wildman–Crippen MR) is 101 cm³/mol. The van der Waals surface area contributed by atoms with Crippen LogP contribution in [0.3, 0.4) is 0 Å². The second-order valence-corrected chi connectivity index (χ2v) is 6.46. The molecule has 0 spiro atoms. The molecule has 6 heteroatoms. The average molecular weight is 379 g/mol. The topological polar surface area (TPSA) is 54.0 Å². The second kappa shape index (κ2) is 8.81. The Morgan fingerprint density at radius 2 is 1.69 bits per heavy atom. The maximum absolute atomic E-state index is 12.3. The molecule has 0 bridgehead atoms. The second-order valence-electron chi connectivity index (χ2n) is 6.05. The molecular weight excluding hydrogens is 356 g/mol. The first-order valence-electron chi connectivity index (χ1n) is 8.21. The van der Waals surface area contributed by atoms with E-state index in [1.165, 1.54) is 14.2 Å². The molecule has 0 heterocycles. The van der Waals surface area contributed by atoms with Crippen molar-refractivity contribution in [1.29, 1.82) is 0 Å². The molecule has 5 nitrogen and oxygen atoms in total. The van der Waals surface area contributed by atoms with Crippen LogP contribution in [0.2, 0.25) is 5.02 Å². The first-order chi connectivity index (χ1) is 12.4. The van der Waals surface area contributed by atoms with E-state index in [-0.39, 0.29) is 18.3 Å². The van der Waals surface area contributed by atoms with Crippen LogP contribution >= 0.6 is 11.6 Å². The standard InChI is InChI=1S/C20H23ClO5/c1-12(2)14-10-15(21)13(3)9-18(14)25-11-19(22)26-20-16(23-4)7-6-8-17(20)24-5/h6-10,12H,11H2,1-5H3. The molecule has 0 aliphatic carbocycles.